The third kappa shape index (κ3) is 13.7. The predicted molar refractivity (Wildman–Crippen MR) is 156 cm³/mol. The number of ketones is 2. The van der Waals surface area contributed by atoms with Crippen LogP contribution in [-0.4, -0.2) is 23.5 Å². The molecule has 0 saturated carbocycles. The number of Topliss-reactive ketones (excluding diaryl/α,β-unsaturated/α-hetero) is 2. The van der Waals surface area contributed by atoms with Crippen molar-refractivity contribution in [2.45, 2.75) is 92.3 Å². The normalized spacial score (nSPS) is 14.0. The Hall–Kier alpha value is -3.28. The van der Waals surface area contributed by atoms with Gasteiger partial charge in [0.2, 0.25) is 0 Å². The maximum atomic E-state index is 12.6. The molecule has 0 heterocycles. The number of hydrogen-bond donors (Lipinski definition) is 0. The first kappa shape index (κ1) is 32.9. The molecule has 2 aromatic rings. The van der Waals surface area contributed by atoms with E-state index in [-0.39, 0.29) is 61.4 Å². The highest BCUT2D eigenvalue weighted by atomic mass is 16.5. The number of rotatable bonds is 19. The highest BCUT2D eigenvalue weighted by Gasteiger charge is 2.20. The second-order valence-corrected chi connectivity index (χ2v) is 11.3. The van der Waals surface area contributed by atoms with E-state index < -0.39 is 0 Å². The van der Waals surface area contributed by atoms with Gasteiger partial charge < -0.3 is 9.47 Å². The van der Waals surface area contributed by atoms with E-state index in [1.54, 1.807) is 6.92 Å². The molecule has 0 aromatic heterocycles. The molecule has 0 radical (unpaired) electrons. The Morgan fingerprint density at radius 1 is 0.575 bits per heavy atom. The van der Waals surface area contributed by atoms with Gasteiger partial charge in [0.1, 0.15) is 24.8 Å². The number of esters is 2. The van der Waals surface area contributed by atoms with Crippen molar-refractivity contribution in [2.24, 2.45) is 23.7 Å². The lowest BCUT2D eigenvalue weighted by molar-refractivity contribution is -0.147. The van der Waals surface area contributed by atoms with Crippen LogP contribution in [0, 0.1) is 23.7 Å². The number of carbonyl (C=O) groups excluding carboxylic acids is 4. The summed E-state index contributed by atoms with van der Waals surface area (Å²) in [6.45, 7) is 8.41. The number of ether oxygens (including phenoxy) is 2. The summed E-state index contributed by atoms with van der Waals surface area (Å²) in [6, 6.07) is 19.0. The number of benzene rings is 2. The van der Waals surface area contributed by atoms with Gasteiger partial charge in [0, 0.05) is 31.1 Å². The van der Waals surface area contributed by atoms with Crippen LogP contribution in [0.15, 0.2) is 60.7 Å². The van der Waals surface area contributed by atoms with Crippen LogP contribution in [0.3, 0.4) is 0 Å². The molecule has 4 atom stereocenters. The molecule has 0 N–H and O–H groups in total. The molecule has 2 rings (SSSR count). The largest absolute Gasteiger partial charge is 0.461 e. The molecule has 2 aromatic carbocycles. The van der Waals surface area contributed by atoms with Crippen LogP contribution in [0.2, 0.25) is 0 Å². The van der Waals surface area contributed by atoms with Crippen LogP contribution in [-0.2, 0) is 41.9 Å². The average molecular weight is 551 g/mol. The summed E-state index contributed by atoms with van der Waals surface area (Å²) < 4.78 is 10.6. The SMILES string of the molecule is CC(CCC(=O)C(C)CCC(=O)OCc1ccccc1)CC(C)CCC(=O)C(C)CC(=O)OCc1ccccc1. The van der Waals surface area contributed by atoms with Gasteiger partial charge in [-0.1, -0.05) is 88.4 Å². The summed E-state index contributed by atoms with van der Waals surface area (Å²) >= 11 is 0. The minimum Gasteiger partial charge on any atom is -0.461 e. The van der Waals surface area contributed by atoms with Crippen molar-refractivity contribution in [1.29, 1.82) is 0 Å². The average Bonchev–Trinajstić information content (AvgIpc) is 2.96. The van der Waals surface area contributed by atoms with Crippen LogP contribution < -0.4 is 0 Å². The minimum absolute atomic E-state index is 0.0856. The maximum Gasteiger partial charge on any atom is 0.306 e. The minimum atomic E-state index is -0.359. The smallest absolute Gasteiger partial charge is 0.306 e. The quantitative estimate of drug-likeness (QED) is 0.171. The second kappa shape index (κ2) is 18.1. The van der Waals surface area contributed by atoms with Crippen molar-refractivity contribution in [3.63, 3.8) is 0 Å². The van der Waals surface area contributed by atoms with Crippen LogP contribution in [0.25, 0.3) is 0 Å². The van der Waals surface area contributed by atoms with Gasteiger partial charge >= 0.3 is 11.9 Å². The number of hydrogen-bond acceptors (Lipinski definition) is 6. The monoisotopic (exact) mass is 550 g/mol. The van der Waals surface area contributed by atoms with Gasteiger partial charge in [-0.25, -0.2) is 0 Å². The van der Waals surface area contributed by atoms with E-state index in [1.807, 2.05) is 67.6 Å². The molecule has 0 aliphatic carbocycles. The molecule has 0 saturated heterocycles. The highest BCUT2D eigenvalue weighted by Crippen LogP contribution is 2.23. The zero-order valence-corrected chi connectivity index (χ0v) is 24.6. The van der Waals surface area contributed by atoms with Gasteiger partial charge in [0.05, 0.1) is 6.42 Å². The third-order valence-corrected chi connectivity index (χ3v) is 7.41. The van der Waals surface area contributed by atoms with Crippen molar-refractivity contribution in [3.8, 4) is 0 Å². The summed E-state index contributed by atoms with van der Waals surface area (Å²) in [5.74, 6) is -0.186. The molecule has 0 bridgehead atoms. The molecule has 6 heteroatoms. The lowest BCUT2D eigenvalue weighted by Gasteiger charge is -2.18. The van der Waals surface area contributed by atoms with Gasteiger partial charge in [-0.2, -0.15) is 0 Å². The van der Waals surface area contributed by atoms with Gasteiger partial charge in [-0.15, -0.1) is 0 Å². The van der Waals surface area contributed by atoms with Crippen LogP contribution >= 0.6 is 0 Å². The Bertz CT molecular complexity index is 1050. The summed E-state index contributed by atoms with van der Waals surface area (Å²) in [5.41, 5.74) is 1.87. The van der Waals surface area contributed by atoms with E-state index in [0.29, 0.717) is 31.1 Å². The first-order chi connectivity index (χ1) is 19.1. The molecule has 4 unspecified atom stereocenters. The fourth-order valence-corrected chi connectivity index (χ4v) is 4.66. The first-order valence-electron chi connectivity index (χ1n) is 14.6. The van der Waals surface area contributed by atoms with E-state index >= 15 is 0 Å². The Balaban J connectivity index is 1.57. The molecule has 6 nitrogen and oxygen atoms in total. The van der Waals surface area contributed by atoms with Crippen molar-refractivity contribution < 1.29 is 28.7 Å². The second-order valence-electron chi connectivity index (χ2n) is 11.3. The molecule has 0 amide bonds. The van der Waals surface area contributed by atoms with Crippen molar-refractivity contribution in [3.05, 3.63) is 71.8 Å². The highest BCUT2D eigenvalue weighted by molar-refractivity contribution is 5.85. The molecular weight excluding hydrogens is 504 g/mol. The van der Waals surface area contributed by atoms with Crippen molar-refractivity contribution in [1.82, 2.24) is 0 Å². The van der Waals surface area contributed by atoms with Crippen molar-refractivity contribution >= 4 is 23.5 Å². The van der Waals surface area contributed by atoms with Crippen molar-refractivity contribution in [2.75, 3.05) is 0 Å². The Morgan fingerprint density at radius 3 is 1.52 bits per heavy atom. The number of carbonyl (C=O) groups is 4. The van der Waals surface area contributed by atoms with E-state index in [2.05, 4.69) is 13.8 Å². The summed E-state index contributed by atoms with van der Waals surface area (Å²) in [7, 11) is 0. The molecule has 218 valence electrons. The standard InChI is InChI=1S/C34H46O6/c1-25(15-18-31(35)27(3)17-20-33(37)39-23-29-11-7-5-8-12-29)21-26(2)16-19-32(36)28(4)22-34(38)40-24-30-13-9-6-10-14-30/h5-14,25-28H,15-24H2,1-4H3. The Morgan fingerprint density at radius 2 is 1.02 bits per heavy atom. The van der Waals surface area contributed by atoms with Crippen LogP contribution in [0.5, 0.6) is 0 Å². The van der Waals surface area contributed by atoms with E-state index in [4.69, 9.17) is 9.47 Å². The molecule has 0 aliphatic rings. The fourth-order valence-electron chi connectivity index (χ4n) is 4.66. The molecular formula is C34H46O6. The zero-order valence-electron chi connectivity index (χ0n) is 24.6. The lowest BCUT2D eigenvalue weighted by atomic mass is 9.87. The van der Waals surface area contributed by atoms with Crippen LogP contribution in [0.1, 0.15) is 90.2 Å². The van der Waals surface area contributed by atoms with E-state index in [1.165, 1.54) is 0 Å². The zero-order chi connectivity index (χ0) is 29.3. The topological polar surface area (TPSA) is 86.7 Å². The van der Waals surface area contributed by atoms with Gasteiger partial charge in [0.15, 0.2) is 0 Å². The van der Waals surface area contributed by atoms with E-state index in [9.17, 15) is 19.2 Å². The predicted octanol–water partition coefficient (Wildman–Crippen LogP) is 7.28. The first-order valence-corrected chi connectivity index (χ1v) is 14.6. The Labute approximate surface area is 239 Å². The summed E-state index contributed by atoms with van der Waals surface area (Å²) in [4.78, 5) is 49.3. The van der Waals surface area contributed by atoms with E-state index in [0.717, 1.165) is 30.4 Å². The van der Waals surface area contributed by atoms with Crippen LogP contribution in [0.4, 0.5) is 0 Å². The molecule has 0 spiro atoms. The molecule has 0 fully saturated rings. The van der Waals surface area contributed by atoms with Gasteiger partial charge in [0.25, 0.3) is 0 Å². The summed E-state index contributed by atoms with van der Waals surface area (Å²) in [5, 5.41) is 0. The van der Waals surface area contributed by atoms with Gasteiger partial charge in [-0.3, -0.25) is 19.2 Å². The van der Waals surface area contributed by atoms with Gasteiger partial charge in [-0.05, 0) is 48.6 Å². The molecule has 0 aliphatic heterocycles. The third-order valence-electron chi connectivity index (χ3n) is 7.41. The lowest BCUT2D eigenvalue weighted by Crippen LogP contribution is -2.18. The molecule has 40 heavy (non-hydrogen) atoms. The Kier molecular flexibility index (Phi) is 14.9. The maximum absolute atomic E-state index is 12.6. The summed E-state index contributed by atoms with van der Waals surface area (Å²) in [6.07, 6.45) is 4.27. The fraction of sp³-hybridized carbons (Fsp3) is 0.529.